The highest BCUT2D eigenvalue weighted by Gasteiger charge is 2.19. The van der Waals surface area contributed by atoms with Crippen molar-refractivity contribution in [3.63, 3.8) is 0 Å². The smallest absolute Gasteiger partial charge is 0.0712 e. The molecule has 3 nitrogen and oxygen atoms in total. The van der Waals surface area contributed by atoms with Gasteiger partial charge >= 0.3 is 0 Å². The molecule has 2 aromatic rings. The zero-order valence-corrected chi connectivity index (χ0v) is 8.90. The van der Waals surface area contributed by atoms with E-state index >= 15 is 0 Å². The number of nitrogens with one attached hydrogen (secondary N) is 1. The van der Waals surface area contributed by atoms with Gasteiger partial charge in [0.15, 0.2) is 0 Å². The number of aromatic nitrogens is 2. The number of rotatable bonds is 1. The fraction of sp³-hybridized carbons (Fsp3) is 0.417. The van der Waals surface area contributed by atoms with Gasteiger partial charge in [-0.15, -0.1) is 0 Å². The van der Waals surface area contributed by atoms with Crippen LogP contribution >= 0.6 is 0 Å². The Kier molecular flexibility index (Phi) is 1.99. The molecule has 0 aliphatic carbocycles. The molecule has 0 radical (unpaired) electrons. The molecule has 1 aliphatic heterocycles. The van der Waals surface area contributed by atoms with Crippen LogP contribution in [-0.4, -0.2) is 16.2 Å². The predicted octanol–water partition coefficient (Wildman–Crippen LogP) is 2.07. The third kappa shape index (κ3) is 1.43. The number of aryl methyl sites for hydroxylation is 1. The topological polar surface area (TPSA) is 29.3 Å². The van der Waals surface area contributed by atoms with Gasteiger partial charge < -0.3 is 5.32 Å². The van der Waals surface area contributed by atoms with Crippen LogP contribution < -0.4 is 5.32 Å². The van der Waals surface area contributed by atoms with Gasteiger partial charge in [-0.2, -0.15) is 5.10 Å². The van der Waals surface area contributed by atoms with Gasteiger partial charge in [0.1, 0.15) is 0 Å². The molecular weight excluding hydrogens is 186 g/mol. The molecule has 1 aliphatic rings. The first-order valence-electron chi connectivity index (χ1n) is 5.52. The minimum atomic E-state index is 0.504. The summed E-state index contributed by atoms with van der Waals surface area (Å²) in [4.78, 5) is 0. The lowest BCUT2D eigenvalue weighted by Crippen LogP contribution is -2.12. The molecule has 3 heterocycles. The van der Waals surface area contributed by atoms with Crippen LogP contribution in [0.1, 0.15) is 30.0 Å². The highest BCUT2D eigenvalue weighted by Crippen LogP contribution is 2.26. The molecule has 2 aromatic heterocycles. The minimum absolute atomic E-state index is 0.504. The first-order valence-corrected chi connectivity index (χ1v) is 5.52. The summed E-state index contributed by atoms with van der Waals surface area (Å²) >= 11 is 0. The molecule has 0 bridgehead atoms. The molecule has 1 saturated heterocycles. The fourth-order valence-electron chi connectivity index (χ4n) is 2.32. The van der Waals surface area contributed by atoms with Crippen LogP contribution in [0.2, 0.25) is 0 Å². The van der Waals surface area contributed by atoms with Gasteiger partial charge in [-0.3, -0.25) is 0 Å². The van der Waals surface area contributed by atoms with Gasteiger partial charge in [-0.05, 0) is 44.0 Å². The van der Waals surface area contributed by atoms with Gasteiger partial charge in [0.25, 0.3) is 0 Å². The number of hydrogen-bond acceptors (Lipinski definition) is 2. The lowest BCUT2D eigenvalue weighted by Gasteiger charge is -2.08. The molecular formula is C12H15N3. The maximum absolute atomic E-state index is 4.38. The SMILES string of the molecule is Cc1ccn2ncc(C3CCCN3)c2c1. The van der Waals surface area contributed by atoms with E-state index in [9.17, 15) is 0 Å². The van der Waals surface area contributed by atoms with Crippen molar-refractivity contribution in [2.75, 3.05) is 6.54 Å². The average Bonchev–Trinajstić information content (AvgIpc) is 2.83. The first kappa shape index (κ1) is 8.92. The number of fused-ring (bicyclic) bond motifs is 1. The largest absolute Gasteiger partial charge is 0.310 e. The van der Waals surface area contributed by atoms with Crippen molar-refractivity contribution in [3.05, 3.63) is 35.7 Å². The van der Waals surface area contributed by atoms with Gasteiger partial charge in [0, 0.05) is 17.8 Å². The fourth-order valence-corrected chi connectivity index (χ4v) is 2.32. The molecule has 0 spiro atoms. The number of pyridine rings is 1. The highest BCUT2D eigenvalue weighted by molar-refractivity contribution is 5.56. The van der Waals surface area contributed by atoms with E-state index in [1.54, 1.807) is 0 Å². The summed E-state index contributed by atoms with van der Waals surface area (Å²) in [6.07, 6.45) is 6.53. The summed E-state index contributed by atoms with van der Waals surface area (Å²) in [5.74, 6) is 0. The molecule has 1 fully saturated rings. The molecule has 3 rings (SSSR count). The standard InChI is InChI=1S/C12H15N3/c1-9-4-6-15-12(7-9)10(8-14-15)11-3-2-5-13-11/h4,6-8,11,13H,2-3,5H2,1H3. The third-order valence-electron chi connectivity index (χ3n) is 3.14. The summed E-state index contributed by atoms with van der Waals surface area (Å²) in [6, 6.07) is 4.80. The maximum atomic E-state index is 4.38. The van der Waals surface area contributed by atoms with E-state index in [1.165, 1.54) is 29.5 Å². The molecule has 15 heavy (non-hydrogen) atoms. The van der Waals surface area contributed by atoms with Crippen molar-refractivity contribution in [3.8, 4) is 0 Å². The maximum Gasteiger partial charge on any atom is 0.0712 e. The van der Waals surface area contributed by atoms with Gasteiger partial charge in [0.2, 0.25) is 0 Å². The summed E-state index contributed by atoms with van der Waals surface area (Å²) in [7, 11) is 0. The Hall–Kier alpha value is -1.35. The molecule has 0 saturated carbocycles. The summed E-state index contributed by atoms with van der Waals surface area (Å²) in [5, 5.41) is 7.90. The summed E-state index contributed by atoms with van der Waals surface area (Å²) in [5.41, 5.74) is 3.88. The zero-order chi connectivity index (χ0) is 10.3. The van der Waals surface area contributed by atoms with Crippen molar-refractivity contribution in [2.45, 2.75) is 25.8 Å². The zero-order valence-electron chi connectivity index (χ0n) is 8.90. The Balaban J connectivity index is 2.13. The second-order valence-electron chi connectivity index (χ2n) is 4.28. The van der Waals surface area contributed by atoms with Crippen LogP contribution in [0.15, 0.2) is 24.5 Å². The van der Waals surface area contributed by atoms with E-state index in [0.29, 0.717) is 6.04 Å². The van der Waals surface area contributed by atoms with Gasteiger partial charge in [0.05, 0.1) is 11.7 Å². The third-order valence-corrected chi connectivity index (χ3v) is 3.14. The predicted molar refractivity (Wildman–Crippen MR) is 59.9 cm³/mol. The van der Waals surface area contributed by atoms with Gasteiger partial charge in [-0.1, -0.05) is 0 Å². The van der Waals surface area contributed by atoms with Crippen molar-refractivity contribution < 1.29 is 0 Å². The Morgan fingerprint density at radius 1 is 1.53 bits per heavy atom. The van der Waals surface area contributed by atoms with Crippen LogP contribution in [0.3, 0.4) is 0 Å². The van der Waals surface area contributed by atoms with Crippen LogP contribution in [0.4, 0.5) is 0 Å². The lowest BCUT2D eigenvalue weighted by molar-refractivity contribution is 0.652. The average molecular weight is 201 g/mol. The molecule has 0 aromatic carbocycles. The van der Waals surface area contributed by atoms with Gasteiger partial charge in [-0.25, -0.2) is 4.52 Å². The minimum Gasteiger partial charge on any atom is -0.310 e. The van der Waals surface area contributed by atoms with Crippen LogP contribution in [0, 0.1) is 6.92 Å². The Morgan fingerprint density at radius 2 is 2.47 bits per heavy atom. The van der Waals surface area contributed by atoms with Crippen LogP contribution in [-0.2, 0) is 0 Å². The van der Waals surface area contributed by atoms with Crippen molar-refractivity contribution in [1.82, 2.24) is 14.9 Å². The normalized spacial score (nSPS) is 21.3. The molecule has 1 atom stereocenters. The second kappa shape index (κ2) is 3.35. The van der Waals surface area contributed by atoms with E-state index in [-0.39, 0.29) is 0 Å². The molecule has 1 N–H and O–H groups in total. The van der Waals surface area contributed by atoms with Crippen molar-refractivity contribution in [2.24, 2.45) is 0 Å². The van der Waals surface area contributed by atoms with E-state index < -0.39 is 0 Å². The Labute approximate surface area is 89.1 Å². The number of nitrogens with zero attached hydrogens (tertiary/aromatic N) is 2. The van der Waals surface area contributed by atoms with Crippen LogP contribution in [0.25, 0.3) is 5.52 Å². The van der Waals surface area contributed by atoms with Crippen LogP contribution in [0.5, 0.6) is 0 Å². The number of hydrogen-bond donors (Lipinski definition) is 1. The Bertz CT molecular complexity index is 481. The second-order valence-corrected chi connectivity index (χ2v) is 4.28. The van der Waals surface area contributed by atoms with Crippen molar-refractivity contribution in [1.29, 1.82) is 0 Å². The van der Waals surface area contributed by atoms with E-state index in [4.69, 9.17) is 0 Å². The van der Waals surface area contributed by atoms with E-state index in [0.717, 1.165) is 6.54 Å². The molecule has 0 amide bonds. The molecule has 1 unspecified atom stereocenters. The first-order chi connectivity index (χ1) is 7.34. The van der Waals surface area contributed by atoms with E-state index in [2.05, 4.69) is 29.5 Å². The van der Waals surface area contributed by atoms with Crippen molar-refractivity contribution >= 4 is 5.52 Å². The summed E-state index contributed by atoms with van der Waals surface area (Å²) < 4.78 is 1.96. The molecule has 78 valence electrons. The Morgan fingerprint density at radius 3 is 3.27 bits per heavy atom. The summed E-state index contributed by atoms with van der Waals surface area (Å²) in [6.45, 7) is 3.26. The monoisotopic (exact) mass is 201 g/mol. The highest BCUT2D eigenvalue weighted by atomic mass is 15.2. The lowest BCUT2D eigenvalue weighted by atomic mass is 10.1. The quantitative estimate of drug-likeness (QED) is 0.765. The molecule has 3 heteroatoms. The van der Waals surface area contributed by atoms with E-state index in [1.807, 2.05) is 16.9 Å².